The van der Waals surface area contributed by atoms with E-state index in [0.717, 1.165) is 17.7 Å². The maximum atomic E-state index is 6.24. The molecule has 21 heavy (non-hydrogen) atoms. The highest BCUT2D eigenvalue weighted by molar-refractivity contribution is 6.36. The lowest BCUT2D eigenvalue weighted by molar-refractivity contribution is 0.467. The summed E-state index contributed by atoms with van der Waals surface area (Å²) in [6.07, 6.45) is 3.66. The Bertz CT molecular complexity index is 577. The number of aromatic nitrogens is 2. The topological polar surface area (TPSA) is 55.9 Å². The molecule has 2 aromatic rings. The highest BCUT2D eigenvalue weighted by Crippen LogP contribution is 2.31. The number of nitrogens with one attached hydrogen (secondary N) is 1. The lowest BCUT2D eigenvalue weighted by atomic mass is 10.0. The molecule has 0 saturated heterocycles. The van der Waals surface area contributed by atoms with Gasteiger partial charge in [-0.2, -0.15) is 5.10 Å². The third-order valence-electron chi connectivity index (χ3n) is 3.67. The molecule has 2 atom stereocenters. The molecule has 1 heterocycles. The molecule has 114 valence electrons. The molecule has 3 N–H and O–H groups in total. The predicted octanol–water partition coefficient (Wildman–Crippen LogP) is 3.91. The van der Waals surface area contributed by atoms with Gasteiger partial charge in [-0.3, -0.25) is 16.0 Å². The number of hydrazine groups is 1. The molecule has 0 fully saturated rings. The summed E-state index contributed by atoms with van der Waals surface area (Å²) in [5.41, 5.74) is 4.54. The van der Waals surface area contributed by atoms with Crippen LogP contribution < -0.4 is 11.3 Å². The van der Waals surface area contributed by atoms with Crippen molar-refractivity contribution in [3.05, 3.63) is 51.8 Å². The lowest BCUT2D eigenvalue weighted by Gasteiger charge is -2.18. The van der Waals surface area contributed by atoms with Crippen LogP contribution >= 0.6 is 23.2 Å². The molecule has 6 heteroatoms. The first-order valence-corrected chi connectivity index (χ1v) is 7.76. The molecule has 0 radical (unpaired) electrons. The number of hydrogen-bond donors (Lipinski definition) is 2. The first-order valence-electron chi connectivity index (χ1n) is 7.00. The van der Waals surface area contributed by atoms with E-state index in [0.29, 0.717) is 22.5 Å². The van der Waals surface area contributed by atoms with E-state index in [1.165, 1.54) is 0 Å². The quantitative estimate of drug-likeness (QED) is 0.625. The van der Waals surface area contributed by atoms with E-state index in [1.54, 1.807) is 0 Å². The molecular weight excluding hydrogens is 307 g/mol. The molecule has 0 aliphatic carbocycles. The minimum absolute atomic E-state index is 0.175. The van der Waals surface area contributed by atoms with Crippen LogP contribution in [0, 0.1) is 0 Å². The fourth-order valence-corrected chi connectivity index (χ4v) is 2.88. The zero-order valence-corrected chi connectivity index (χ0v) is 13.7. The minimum atomic E-state index is -0.175. The fraction of sp³-hybridized carbons (Fsp3) is 0.400. The van der Waals surface area contributed by atoms with Gasteiger partial charge in [-0.25, -0.2) is 0 Å². The summed E-state index contributed by atoms with van der Waals surface area (Å²) in [4.78, 5) is 0. The molecule has 2 unspecified atom stereocenters. The summed E-state index contributed by atoms with van der Waals surface area (Å²) < 4.78 is 1.97. The van der Waals surface area contributed by atoms with Gasteiger partial charge in [0.15, 0.2) is 0 Å². The molecule has 1 aromatic carbocycles. The van der Waals surface area contributed by atoms with Crippen molar-refractivity contribution in [2.45, 2.75) is 38.8 Å². The van der Waals surface area contributed by atoms with E-state index >= 15 is 0 Å². The van der Waals surface area contributed by atoms with Crippen LogP contribution in [-0.4, -0.2) is 9.78 Å². The minimum Gasteiger partial charge on any atom is -0.271 e. The molecule has 0 spiro atoms. The third-order valence-corrected chi connectivity index (χ3v) is 4.33. The SMILES string of the molecule is CCC(C)n1ccc(CC(NN)c2c(Cl)cccc2Cl)n1. The summed E-state index contributed by atoms with van der Waals surface area (Å²) in [7, 11) is 0. The lowest BCUT2D eigenvalue weighted by Crippen LogP contribution is -2.30. The van der Waals surface area contributed by atoms with Crippen LogP contribution in [0.15, 0.2) is 30.5 Å². The van der Waals surface area contributed by atoms with Crippen LogP contribution in [-0.2, 0) is 6.42 Å². The number of rotatable bonds is 6. The number of nitrogens with zero attached hydrogens (tertiary/aromatic N) is 2. The Morgan fingerprint density at radius 3 is 2.52 bits per heavy atom. The van der Waals surface area contributed by atoms with Gasteiger partial charge in [0.2, 0.25) is 0 Å². The smallest absolute Gasteiger partial charge is 0.0644 e. The second-order valence-electron chi connectivity index (χ2n) is 5.10. The van der Waals surface area contributed by atoms with Gasteiger partial charge >= 0.3 is 0 Å². The Balaban J connectivity index is 2.21. The molecule has 2 rings (SSSR count). The third kappa shape index (κ3) is 3.77. The zero-order valence-electron chi connectivity index (χ0n) is 12.2. The Kier molecular flexibility index (Phi) is 5.65. The van der Waals surface area contributed by atoms with Crippen molar-refractivity contribution in [3.63, 3.8) is 0 Å². The van der Waals surface area contributed by atoms with Gasteiger partial charge in [0.1, 0.15) is 0 Å². The fourth-order valence-electron chi connectivity index (χ4n) is 2.22. The van der Waals surface area contributed by atoms with Crippen molar-refractivity contribution in [3.8, 4) is 0 Å². The Morgan fingerprint density at radius 1 is 1.29 bits per heavy atom. The van der Waals surface area contributed by atoms with Crippen molar-refractivity contribution in [1.29, 1.82) is 0 Å². The van der Waals surface area contributed by atoms with Gasteiger partial charge < -0.3 is 0 Å². The first-order chi connectivity index (χ1) is 10.1. The normalized spacial score (nSPS) is 14.1. The largest absolute Gasteiger partial charge is 0.271 e. The van der Waals surface area contributed by atoms with Gasteiger partial charge in [-0.1, -0.05) is 36.2 Å². The summed E-state index contributed by atoms with van der Waals surface area (Å²) >= 11 is 12.5. The van der Waals surface area contributed by atoms with E-state index in [-0.39, 0.29) is 6.04 Å². The Morgan fingerprint density at radius 2 is 1.95 bits per heavy atom. The highest BCUT2D eigenvalue weighted by Gasteiger charge is 2.18. The van der Waals surface area contributed by atoms with E-state index in [2.05, 4.69) is 24.4 Å². The first kappa shape index (κ1) is 16.3. The monoisotopic (exact) mass is 326 g/mol. The van der Waals surface area contributed by atoms with Crippen LogP contribution in [0.3, 0.4) is 0 Å². The van der Waals surface area contributed by atoms with Crippen molar-refractivity contribution in [2.24, 2.45) is 5.84 Å². The van der Waals surface area contributed by atoms with Crippen molar-refractivity contribution < 1.29 is 0 Å². The predicted molar refractivity (Wildman–Crippen MR) is 87.5 cm³/mol. The van der Waals surface area contributed by atoms with Crippen LogP contribution in [0.1, 0.15) is 43.6 Å². The van der Waals surface area contributed by atoms with Gasteiger partial charge in [0, 0.05) is 34.3 Å². The van der Waals surface area contributed by atoms with E-state index in [4.69, 9.17) is 29.0 Å². The second-order valence-corrected chi connectivity index (χ2v) is 5.92. The number of halogens is 2. The summed E-state index contributed by atoms with van der Waals surface area (Å²) in [5.74, 6) is 5.68. The van der Waals surface area contributed by atoms with Crippen molar-refractivity contribution in [2.75, 3.05) is 0 Å². The van der Waals surface area contributed by atoms with Gasteiger partial charge in [-0.15, -0.1) is 0 Å². The molecule has 0 aliphatic rings. The highest BCUT2D eigenvalue weighted by atomic mass is 35.5. The summed E-state index contributed by atoms with van der Waals surface area (Å²) in [6.45, 7) is 4.28. The zero-order chi connectivity index (χ0) is 15.4. The maximum absolute atomic E-state index is 6.24. The van der Waals surface area contributed by atoms with E-state index in [9.17, 15) is 0 Å². The molecule has 0 saturated carbocycles. The second kappa shape index (κ2) is 7.27. The Labute approximate surface area is 135 Å². The summed E-state index contributed by atoms with van der Waals surface area (Å²) in [6, 6.07) is 7.65. The van der Waals surface area contributed by atoms with Crippen LogP contribution in [0.4, 0.5) is 0 Å². The molecule has 0 aliphatic heterocycles. The molecule has 4 nitrogen and oxygen atoms in total. The molecule has 1 aromatic heterocycles. The number of hydrogen-bond acceptors (Lipinski definition) is 3. The molecular formula is C15H20Cl2N4. The van der Waals surface area contributed by atoms with Crippen LogP contribution in [0.2, 0.25) is 10.0 Å². The average molecular weight is 327 g/mol. The van der Waals surface area contributed by atoms with Gasteiger partial charge in [-0.05, 0) is 31.5 Å². The number of benzene rings is 1. The van der Waals surface area contributed by atoms with Crippen molar-refractivity contribution >= 4 is 23.2 Å². The van der Waals surface area contributed by atoms with E-state index < -0.39 is 0 Å². The van der Waals surface area contributed by atoms with Crippen LogP contribution in [0.25, 0.3) is 0 Å². The van der Waals surface area contributed by atoms with Crippen molar-refractivity contribution in [1.82, 2.24) is 15.2 Å². The Hall–Kier alpha value is -1.07. The maximum Gasteiger partial charge on any atom is 0.0644 e. The van der Waals surface area contributed by atoms with E-state index in [1.807, 2.05) is 35.1 Å². The van der Waals surface area contributed by atoms with Gasteiger partial charge in [0.25, 0.3) is 0 Å². The summed E-state index contributed by atoms with van der Waals surface area (Å²) in [5, 5.41) is 5.80. The number of nitrogens with two attached hydrogens (primary N) is 1. The molecule has 0 bridgehead atoms. The average Bonchev–Trinajstić information content (AvgIpc) is 2.93. The molecule has 0 amide bonds. The standard InChI is InChI=1S/C15H20Cl2N4/c1-3-10(2)21-8-7-11(20-21)9-14(19-18)15-12(16)5-4-6-13(15)17/h4-8,10,14,19H,3,9,18H2,1-2H3. The van der Waals surface area contributed by atoms with Gasteiger partial charge in [0.05, 0.1) is 11.7 Å². The van der Waals surface area contributed by atoms with Crippen LogP contribution in [0.5, 0.6) is 0 Å².